The molecule has 1 aromatic rings. The molecule has 3 rings (SSSR count). The van der Waals surface area contributed by atoms with Crippen LogP contribution in [0.5, 0.6) is 6.01 Å². The smallest absolute Gasteiger partial charge is 0.323 e. The van der Waals surface area contributed by atoms with Crippen molar-refractivity contribution in [2.24, 2.45) is 0 Å². The SMILES string of the molecule is C=CCNc1nc(OC2CC(C)(C)N(CC=C)C(C)(C)C2)nc(N(CCCC)C2CC(C)(C)NC(C)(C)C2)n1. The topological polar surface area (TPSA) is 78.4 Å². The van der Waals surface area contributed by atoms with E-state index in [1.165, 1.54) is 0 Å². The largest absolute Gasteiger partial charge is 0.460 e. The molecule has 2 saturated heterocycles. The van der Waals surface area contributed by atoms with E-state index in [-0.39, 0.29) is 28.3 Å². The Bertz CT molecular complexity index is 953. The highest BCUT2D eigenvalue weighted by Crippen LogP contribution is 2.40. The third-order valence-corrected chi connectivity index (χ3v) is 8.13. The van der Waals surface area contributed by atoms with E-state index in [1.807, 2.05) is 12.2 Å². The Morgan fingerprint density at radius 2 is 1.56 bits per heavy atom. The van der Waals surface area contributed by atoms with Gasteiger partial charge in [0.15, 0.2) is 0 Å². The Balaban J connectivity index is 1.96. The summed E-state index contributed by atoms with van der Waals surface area (Å²) in [4.78, 5) is 19.5. The molecule has 3 heterocycles. The second-order valence-electron chi connectivity index (χ2n) is 14.1. The summed E-state index contributed by atoms with van der Waals surface area (Å²) in [5.41, 5.74) is -0.0485. The number of anilines is 2. The van der Waals surface area contributed by atoms with E-state index >= 15 is 0 Å². The minimum absolute atomic E-state index is 0.000548. The van der Waals surface area contributed by atoms with E-state index in [4.69, 9.17) is 19.7 Å². The number of hydrogen-bond donors (Lipinski definition) is 2. The van der Waals surface area contributed by atoms with E-state index in [0.717, 1.165) is 51.6 Å². The second kappa shape index (κ2) is 12.1. The van der Waals surface area contributed by atoms with Crippen molar-refractivity contribution in [2.45, 2.75) is 135 Å². The molecule has 0 aliphatic carbocycles. The normalized spacial score (nSPS) is 22.7. The molecule has 0 saturated carbocycles. The summed E-state index contributed by atoms with van der Waals surface area (Å²) in [5, 5.41) is 7.12. The summed E-state index contributed by atoms with van der Waals surface area (Å²) in [5.74, 6) is 1.23. The third-order valence-electron chi connectivity index (χ3n) is 8.13. The molecule has 0 radical (unpaired) electrons. The van der Waals surface area contributed by atoms with Gasteiger partial charge < -0.3 is 20.3 Å². The van der Waals surface area contributed by atoms with Crippen molar-refractivity contribution in [3.8, 4) is 6.01 Å². The molecule has 220 valence electrons. The predicted octanol–water partition coefficient (Wildman–Crippen LogP) is 5.97. The molecule has 0 bridgehead atoms. The van der Waals surface area contributed by atoms with Crippen LogP contribution in [0.25, 0.3) is 0 Å². The summed E-state index contributed by atoms with van der Waals surface area (Å²) in [6, 6.07) is 0.708. The van der Waals surface area contributed by atoms with Crippen molar-refractivity contribution in [2.75, 3.05) is 29.9 Å². The van der Waals surface area contributed by atoms with Gasteiger partial charge in [-0.2, -0.15) is 15.0 Å². The molecule has 8 heteroatoms. The molecule has 0 spiro atoms. The number of unbranched alkanes of at least 4 members (excludes halogenated alkanes) is 1. The van der Waals surface area contributed by atoms with Crippen LogP contribution in [0.15, 0.2) is 25.3 Å². The van der Waals surface area contributed by atoms with Gasteiger partial charge in [-0.25, -0.2) is 0 Å². The number of rotatable bonds is 12. The fourth-order valence-corrected chi connectivity index (χ4v) is 7.11. The molecule has 2 fully saturated rings. The van der Waals surface area contributed by atoms with Crippen molar-refractivity contribution in [1.29, 1.82) is 0 Å². The Kier molecular flexibility index (Phi) is 9.75. The lowest BCUT2D eigenvalue weighted by molar-refractivity contribution is -0.0676. The van der Waals surface area contributed by atoms with Gasteiger partial charge in [-0.1, -0.05) is 25.5 Å². The van der Waals surface area contributed by atoms with Gasteiger partial charge in [-0.05, 0) is 74.7 Å². The highest BCUT2D eigenvalue weighted by molar-refractivity contribution is 5.40. The van der Waals surface area contributed by atoms with Gasteiger partial charge in [0.05, 0.1) is 0 Å². The van der Waals surface area contributed by atoms with E-state index in [9.17, 15) is 0 Å². The first-order chi connectivity index (χ1) is 18.1. The van der Waals surface area contributed by atoms with Crippen LogP contribution in [0.2, 0.25) is 0 Å². The second-order valence-corrected chi connectivity index (χ2v) is 14.1. The molecule has 1 aromatic heterocycles. The number of nitrogens with zero attached hydrogens (tertiary/aromatic N) is 5. The van der Waals surface area contributed by atoms with Crippen LogP contribution in [-0.4, -0.2) is 73.8 Å². The minimum atomic E-state index is -0.0419. The summed E-state index contributed by atoms with van der Waals surface area (Å²) in [7, 11) is 0. The quantitative estimate of drug-likeness (QED) is 0.313. The molecular formula is C31H55N7O. The third kappa shape index (κ3) is 8.16. The highest BCUT2D eigenvalue weighted by Gasteiger charge is 2.46. The van der Waals surface area contributed by atoms with Crippen LogP contribution in [0.3, 0.4) is 0 Å². The predicted molar refractivity (Wildman–Crippen MR) is 164 cm³/mol. The minimum Gasteiger partial charge on any atom is -0.460 e. The first kappa shape index (κ1) is 31.3. The molecule has 0 amide bonds. The van der Waals surface area contributed by atoms with Gasteiger partial charge in [0, 0.05) is 60.7 Å². The zero-order valence-corrected chi connectivity index (χ0v) is 26.2. The van der Waals surface area contributed by atoms with Crippen molar-refractivity contribution < 1.29 is 4.74 Å². The Hall–Kier alpha value is -2.19. The first-order valence-electron chi connectivity index (χ1n) is 14.8. The number of aromatic nitrogens is 3. The Labute approximate surface area is 238 Å². The zero-order valence-electron chi connectivity index (χ0n) is 26.2. The number of nitrogens with one attached hydrogen (secondary N) is 2. The summed E-state index contributed by atoms with van der Waals surface area (Å²) in [6.07, 6.45) is 9.80. The van der Waals surface area contributed by atoms with E-state index in [1.54, 1.807) is 0 Å². The monoisotopic (exact) mass is 541 g/mol. The van der Waals surface area contributed by atoms with Gasteiger partial charge in [-0.15, -0.1) is 13.2 Å². The molecule has 0 aromatic carbocycles. The van der Waals surface area contributed by atoms with Crippen LogP contribution >= 0.6 is 0 Å². The van der Waals surface area contributed by atoms with Crippen molar-refractivity contribution in [1.82, 2.24) is 25.2 Å². The maximum Gasteiger partial charge on any atom is 0.323 e. The van der Waals surface area contributed by atoms with Crippen molar-refractivity contribution >= 4 is 11.9 Å². The molecule has 0 atom stereocenters. The van der Waals surface area contributed by atoms with Crippen LogP contribution < -0.4 is 20.3 Å². The Morgan fingerprint density at radius 3 is 2.10 bits per heavy atom. The number of piperidine rings is 2. The van der Waals surface area contributed by atoms with E-state index < -0.39 is 0 Å². The van der Waals surface area contributed by atoms with Crippen molar-refractivity contribution in [3.63, 3.8) is 0 Å². The number of hydrogen-bond acceptors (Lipinski definition) is 8. The lowest BCUT2D eigenvalue weighted by atomic mass is 9.78. The summed E-state index contributed by atoms with van der Waals surface area (Å²) >= 11 is 0. The van der Waals surface area contributed by atoms with Gasteiger partial charge >= 0.3 is 6.01 Å². The molecule has 8 nitrogen and oxygen atoms in total. The Morgan fingerprint density at radius 1 is 0.949 bits per heavy atom. The van der Waals surface area contributed by atoms with E-state index in [0.29, 0.717) is 30.5 Å². The summed E-state index contributed by atoms with van der Waals surface area (Å²) < 4.78 is 6.62. The molecule has 2 aliphatic heterocycles. The standard InChI is InChI=1S/C31H55N7O/c1-12-15-18-37(23-19-28(4,5)36-29(6,7)20-23)26-33-25(32-16-13-2)34-27(35-26)39-24-21-30(8,9)38(17-14-3)31(10,11)22-24/h13-14,23-24,36H,2-3,12,15-22H2,1,4-11H3,(H,32,33,34,35). The molecule has 2 aliphatic rings. The lowest BCUT2D eigenvalue weighted by Crippen LogP contribution is -2.62. The van der Waals surface area contributed by atoms with E-state index in [2.05, 4.69) is 95.9 Å². The van der Waals surface area contributed by atoms with Crippen LogP contribution in [0.1, 0.15) is 101 Å². The van der Waals surface area contributed by atoms with Crippen molar-refractivity contribution in [3.05, 3.63) is 25.3 Å². The average Bonchev–Trinajstić information content (AvgIpc) is 2.77. The summed E-state index contributed by atoms with van der Waals surface area (Å²) in [6.45, 7) is 30.7. The average molecular weight is 542 g/mol. The molecular weight excluding hydrogens is 486 g/mol. The van der Waals surface area contributed by atoms with Crippen LogP contribution in [0.4, 0.5) is 11.9 Å². The lowest BCUT2D eigenvalue weighted by Gasteiger charge is -2.54. The fraction of sp³-hybridized carbons (Fsp3) is 0.774. The van der Waals surface area contributed by atoms with Crippen LogP contribution in [-0.2, 0) is 0 Å². The molecule has 39 heavy (non-hydrogen) atoms. The number of likely N-dealkylation sites (tertiary alicyclic amines) is 1. The maximum absolute atomic E-state index is 6.62. The number of ether oxygens (including phenoxy) is 1. The van der Waals surface area contributed by atoms with Gasteiger partial charge in [0.25, 0.3) is 0 Å². The van der Waals surface area contributed by atoms with Gasteiger partial charge in [0.2, 0.25) is 11.9 Å². The van der Waals surface area contributed by atoms with Gasteiger partial charge in [0.1, 0.15) is 6.10 Å². The molecule has 2 N–H and O–H groups in total. The molecule has 0 unspecified atom stereocenters. The first-order valence-corrected chi connectivity index (χ1v) is 14.8. The van der Waals surface area contributed by atoms with Crippen LogP contribution in [0, 0.1) is 0 Å². The van der Waals surface area contributed by atoms with Gasteiger partial charge in [-0.3, -0.25) is 4.90 Å². The maximum atomic E-state index is 6.62. The fourth-order valence-electron chi connectivity index (χ4n) is 7.11. The highest BCUT2D eigenvalue weighted by atomic mass is 16.5. The zero-order chi connectivity index (χ0) is 29.1.